The Kier molecular flexibility index (Phi) is 4.38. The van der Waals surface area contributed by atoms with Gasteiger partial charge in [0.2, 0.25) is 11.6 Å². The zero-order valence-electron chi connectivity index (χ0n) is 12.0. The van der Waals surface area contributed by atoms with Crippen molar-refractivity contribution in [1.29, 1.82) is 0 Å². The summed E-state index contributed by atoms with van der Waals surface area (Å²) in [6.07, 6.45) is 1.86. The number of nitrogens with one attached hydrogen (secondary N) is 1. The number of H-pyrrole nitrogens is 1. The van der Waals surface area contributed by atoms with E-state index in [0.29, 0.717) is 6.42 Å². The Bertz CT molecular complexity index is 825. The highest BCUT2D eigenvalue weighted by molar-refractivity contribution is 7.10. The SMILES string of the molecule is O=C(Cc1sccc1Cc1ccc(F)cc1)C(=O)c1nc[nH]n1. The average molecular weight is 329 g/mol. The van der Waals surface area contributed by atoms with Crippen LogP contribution in [0.25, 0.3) is 0 Å². The molecule has 2 aromatic heterocycles. The van der Waals surface area contributed by atoms with Gasteiger partial charge < -0.3 is 0 Å². The van der Waals surface area contributed by atoms with Crippen molar-refractivity contribution in [3.05, 3.63) is 69.7 Å². The van der Waals surface area contributed by atoms with Crippen LogP contribution in [0.5, 0.6) is 0 Å². The van der Waals surface area contributed by atoms with Crippen molar-refractivity contribution in [1.82, 2.24) is 15.2 Å². The van der Waals surface area contributed by atoms with Gasteiger partial charge in [0.1, 0.15) is 12.1 Å². The van der Waals surface area contributed by atoms with Crippen LogP contribution in [0.15, 0.2) is 42.0 Å². The van der Waals surface area contributed by atoms with Gasteiger partial charge in [-0.2, -0.15) is 0 Å². The second-order valence-corrected chi connectivity index (χ2v) is 5.92. The summed E-state index contributed by atoms with van der Waals surface area (Å²) >= 11 is 1.42. The number of hydrogen-bond donors (Lipinski definition) is 1. The maximum absolute atomic E-state index is 12.9. The monoisotopic (exact) mass is 329 g/mol. The molecule has 3 aromatic rings. The molecule has 5 nitrogen and oxygen atoms in total. The predicted molar refractivity (Wildman–Crippen MR) is 82.9 cm³/mol. The van der Waals surface area contributed by atoms with Crippen LogP contribution < -0.4 is 0 Å². The minimum absolute atomic E-state index is 0.0154. The minimum atomic E-state index is -0.701. The first-order valence-electron chi connectivity index (χ1n) is 6.86. The van der Waals surface area contributed by atoms with Crippen LogP contribution in [0.1, 0.15) is 26.6 Å². The first-order chi connectivity index (χ1) is 11.1. The Morgan fingerprint density at radius 1 is 1.17 bits per heavy atom. The van der Waals surface area contributed by atoms with Gasteiger partial charge in [0.25, 0.3) is 5.78 Å². The summed E-state index contributed by atoms with van der Waals surface area (Å²) in [7, 11) is 0. The molecule has 0 radical (unpaired) electrons. The smallest absolute Gasteiger partial charge is 0.267 e. The maximum Gasteiger partial charge on any atom is 0.267 e. The molecule has 0 aliphatic carbocycles. The van der Waals surface area contributed by atoms with Crippen molar-refractivity contribution in [2.45, 2.75) is 12.8 Å². The van der Waals surface area contributed by atoms with E-state index in [9.17, 15) is 14.0 Å². The van der Waals surface area contributed by atoms with E-state index in [-0.39, 0.29) is 18.1 Å². The highest BCUT2D eigenvalue weighted by atomic mass is 32.1. The Morgan fingerprint density at radius 2 is 1.96 bits per heavy atom. The lowest BCUT2D eigenvalue weighted by molar-refractivity contribution is -0.114. The standard InChI is InChI=1S/C16H12FN3O2S/c17-12-3-1-10(2-4-12)7-11-5-6-23-14(11)8-13(21)15(22)16-18-9-19-20-16/h1-6,9H,7-8H2,(H,18,19,20). The van der Waals surface area contributed by atoms with Crippen LogP contribution in [-0.4, -0.2) is 26.7 Å². The van der Waals surface area contributed by atoms with E-state index in [4.69, 9.17) is 0 Å². The number of aromatic amines is 1. The number of nitrogens with zero attached hydrogens (tertiary/aromatic N) is 2. The largest absolute Gasteiger partial charge is 0.290 e. The fourth-order valence-corrected chi connectivity index (χ4v) is 3.07. The summed E-state index contributed by atoms with van der Waals surface area (Å²) in [4.78, 5) is 28.5. The van der Waals surface area contributed by atoms with Crippen LogP contribution in [-0.2, 0) is 17.6 Å². The Morgan fingerprint density at radius 3 is 2.65 bits per heavy atom. The molecule has 0 atom stereocenters. The van der Waals surface area contributed by atoms with E-state index >= 15 is 0 Å². The van der Waals surface area contributed by atoms with E-state index in [1.807, 2.05) is 11.4 Å². The van der Waals surface area contributed by atoms with Crippen LogP contribution in [0.4, 0.5) is 4.39 Å². The van der Waals surface area contributed by atoms with Crippen LogP contribution in [0.2, 0.25) is 0 Å². The number of Topliss-reactive ketones (excluding diaryl/α,β-unsaturated/α-hetero) is 2. The molecule has 0 fully saturated rings. The number of benzene rings is 1. The molecule has 0 aliphatic rings. The lowest BCUT2D eigenvalue weighted by Crippen LogP contribution is -2.18. The van der Waals surface area contributed by atoms with Crippen molar-refractivity contribution in [2.24, 2.45) is 0 Å². The normalized spacial score (nSPS) is 10.7. The molecule has 0 saturated heterocycles. The second-order valence-electron chi connectivity index (χ2n) is 4.92. The topological polar surface area (TPSA) is 75.7 Å². The molecule has 7 heteroatoms. The fourth-order valence-electron chi connectivity index (χ4n) is 2.17. The number of carbonyl (C=O) groups is 2. The molecule has 0 spiro atoms. The molecule has 23 heavy (non-hydrogen) atoms. The van der Waals surface area contributed by atoms with Gasteiger partial charge in [-0.25, -0.2) is 9.37 Å². The highest BCUT2D eigenvalue weighted by Crippen LogP contribution is 2.21. The third kappa shape index (κ3) is 3.57. The molecular weight excluding hydrogens is 317 g/mol. The summed E-state index contributed by atoms with van der Waals surface area (Å²) in [5, 5.41) is 7.91. The minimum Gasteiger partial charge on any atom is -0.290 e. The van der Waals surface area contributed by atoms with Crippen LogP contribution in [0.3, 0.4) is 0 Å². The molecule has 0 unspecified atom stereocenters. The molecule has 116 valence electrons. The van der Waals surface area contributed by atoms with Gasteiger partial charge in [-0.1, -0.05) is 12.1 Å². The molecule has 0 bridgehead atoms. The number of carbonyl (C=O) groups excluding carboxylic acids is 2. The Balaban J connectivity index is 1.72. The van der Waals surface area contributed by atoms with Gasteiger partial charge in [0.05, 0.1) is 0 Å². The number of hydrogen-bond acceptors (Lipinski definition) is 5. The first kappa shape index (κ1) is 15.2. The molecule has 3 rings (SSSR count). The molecule has 0 saturated carbocycles. The number of thiophene rings is 1. The van der Waals surface area contributed by atoms with Gasteiger partial charge in [-0.3, -0.25) is 14.7 Å². The van der Waals surface area contributed by atoms with Gasteiger partial charge >= 0.3 is 0 Å². The van der Waals surface area contributed by atoms with E-state index < -0.39 is 11.6 Å². The van der Waals surface area contributed by atoms with Crippen molar-refractivity contribution in [3.63, 3.8) is 0 Å². The molecule has 1 aromatic carbocycles. The number of aromatic nitrogens is 3. The summed E-state index contributed by atoms with van der Waals surface area (Å²) in [5.74, 6) is -1.65. The third-order valence-corrected chi connectivity index (χ3v) is 4.30. The van der Waals surface area contributed by atoms with Gasteiger partial charge in [0, 0.05) is 11.3 Å². The molecule has 0 amide bonds. The molecule has 1 N–H and O–H groups in total. The number of rotatable bonds is 6. The number of halogens is 1. The zero-order chi connectivity index (χ0) is 16.2. The lowest BCUT2D eigenvalue weighted by atomic mass is 10.0. The van der Waals surface area contributed by atoms with Crippen LogP contribution in [0, 0.1) is 5.82 Å². The zero-order valence-corrected chi connectivity index (χ0v) is 12.8. The van der Waals surface area contributed by atoms with Gasteiger partial charge in [-0.05, 0) is 41.1 Å². The summed E-state index contributed by atoms with van der Waals surface area (Å²) in [6, 6.07) is 8.13. The fraction of sp³-hybridized carbons (Fsp3) is 0.125. The Labute approximate surface area is 135 Å². The van der Waals surface area contributed by atoms with E-state index in [1.54, 1.807) is 12.1 Å². The van der Waals surface area contributed by atoms with Crippen molar-refractivity contribution < 1.29 is 14.0 Å². The average Bonchev–Trinajstić information content (AvgIpc) is 3.21. The molecule has 2 heterocycles. The van der Waals surface area contributed by atoms with Crippen molar-refractivity contribution in [3.8, 4) is 0 Å². The van der Waals surface area contributed by atoms with Crippen LogP contribution >= 0.6 is 11.3 Å². The molecule has 0 aliphatic heterocycles. The van der Waals surface area contributed by atoms with Gasteiger partial charge in [0.15, 0.2) is 0 Å². The predicted octanol–water partition coefficient (Wildman–Crippen LogP) is 2.59. The number of ketones is 2. The first-order valence-corrected chi connectivity index (χ1v) is 7.74. The highest BCUT2D eigenvalue weighted by Gasteiger charge is 2.21. The lowest BCUT2D eigenvalue weighted by Gasteiger charge is -2.03. The van der Waals surface area contributed by atoms with Crippen molar-refractivity contribution in [2.75, 3.05) is 0 Å². The van der Waals surface area contributed by atoms with Gasteiger partial charge in [-0.15, -0.1) is 16.4 Å². The quantitative estimate of drug-likeness (QED) is 0.557. The van der Waals surface area contributed by atoms with Crippen molar-refractivity contribution >= 4 is 22.9 Å². The maximum atomic E-state index is 12.9. The summed E-state index contributed by atoms with van der Waals surface area (Å²) in [6.45, 7) is 0. The van der Waals surface area contributed by atoms with E-state index in [2.05, 4.69) is 15.2 Å². The second kappa shape index (κ2) is 6.62. The third-order valence-electron chi connectivity index (χ3n) is 3.34. The van der Waals surface area contributed by atoms with E-state index in [0.717, 1.165) is 16.0 Å². The Hall–Kier alpha value is -2.67. The summed E-state index contributed by atoms with van der Waals surface area (Å²) in [5.41, 5.74) is 1.90. The molecular formula is C16H12FN3O2S. The van der Waals surface area contributed by atoms with E-state index in [1.165, 1.54) is 29.8 Å². The summed E-state index contributed by atoms with van der Waals surface area (Å²) < 4.78 is 12.9.